The summed E-state index contributed by atoms with van der Waals surface area (Å²) in [6, 6.07) is 14.0. The van der Waals surface area contributed by atoms with E-state index in [2.05, 4.69) is 26.7 Å². The average Bonchev–Trinajstić information content (AvgIpc) is 2.65. The first kappa shape index (κ1) is 19.5. The zero-order valence-corrected chi connectivity index (χ0v) is 16.2. The minimum Gasteiger partial charge on any atom is -0.350 e. The number of hydrogen-bond donors (Lipinski definition) is 2. The number of rotatable bonds is 6. The summed E-state index contributed by atoms with van der Waals surface area (Å²) in [6.45, 7) is 6.25. The maximum absolute atomic E-state index is 12.9. The summed E-state index contributed by atoms with van der Waals surface area (Å²) in [5, 5.41) is 6.10. The van der Waals surface area contributed by atoms with Crippen LogP contribution in [0.25, 0.3) is 0 Å². The normalized spacial score (nSPS) is 10.6. The molecule has 0 bridgehead atoms. The molecular formula is C22H23FN4O. The highest BCUT2D eigenvalue weighted by molar-refractivity contribution is 5.93. The van der Waals surface area contributed by atoms with Crippen LogP contribution in [0.2, 0.25) is 0 Å². The van der Waals surface area contributed by atoms with Crippen molar-refractivity contribution in [2.75, 3.05) is 11.9 Å². The van der Waals surface area contributed by atoms with Gasteiger partial charge in [-0.25, -0.2) is 14.4 Å². The molecule has 0 spiro atoms. The Morgan fingerprint density at radius 2 is 1.75 bits per heavy atom. The Hall–Kier alpha value is -3.28. The van der Waals surface area contributed by atoms with Crippen LogP contribution in [0, 0.1) is 26.6 Å². The van der Waals surface area contributed by atoms with Gasteiger partial charge in [-0.2, -0.15) is 0 Å². The first-order chi connectivity index (χ1) is 13.4. The van der Waals surface area contributed by atoms with Crippen LogP contribution < -0.4 is 10.6 Å². The number of halogens is 1. The highest BCUT2D eigenvalue weighted by Crippen LogP contribution is 2.20. The Morgan fingerprint density at radius 1 is 1.00 bits per heavy atom. The lowest BCUT2D eigenvalue weighted by Gasteiger charge is -2.11. The Kier molecular flexibility index (Phi) is 5.99. The van der Waals surface area contributed by atoms with Crippen molar-refractivity contribution in [3.05, 3.63) is 82.6 Å². The number of carbonyl (C=O) groups is 1. The summed E-state index contributed by atoms with van der Waals surface area (Å²) >= 11 is 0. The third-order valence-corrected chi connectivity index (χ3v) is 4.33. The van der Waals surface area contributed by atoms with E-state index in [1.165, 1.54) is 17.7 Å². The first-order valence-electron chi connectivity index (χ1n) is 9.13. The van der Waals surface area contributed by atoms with Gasteiger partial charge in [-0.3, -0.25) is 4.79 Å². The molecule has 0 aliphatic rings. The van der Waals surface area contributed by atoms with E-state index in [0.29, 0.717) is 30.3 Å². The van der Waals surface area contributed by atoms with Gasteiger partial charge in [0.25, 0.3) is 5.91 Å². The average molecular weight is 378 g/mol. The summed E-state index contributed by atoms with van der Waals surface area (Å²) in [6.07, 6.45) is 0.615. The van der Waals surface area contributed by atoms with Crippen molar-refractivity contribution in [3.8, 4) is 0 Å². The Bertz CT molecular complexity index is 986. The number of aromatic nitrogens is 2. The lowest BCUT2D eigenvalue weighted by molar-refractivity contribution is 0.0949. The molecule has 6 heteroatoms. The number of carbonyl (C=O) groups excluding carboxylic acids is 1. The molecule has 0 fully saturated rings. The molecule has 0 aliphatic heterocycles. The summed E-state index contributed by atoms with van der Waals surface area (Å²) in [4.78, 5) is 21.1. The maximum Gasteiger partial charge on any atom is 0.270 e. The van der Waals surface area contributed by atoms with Gasteiger partial charge < -0.3 is 10.6 Å². The van der Waals surface area contributed by atoms with E-state index in [4.69, 9.17) is 0 Å². The molecule has 1 amide bonds. The molecule has 1 heterocycles. The van der Waals surface area contributed by atoms with Crippen LogP contribution >= 0.6 is 0 Å². The third-order valence-electron chi connectivity index (χ3n) is 4.33. The molecule has 0 atom stereocenters. The molecule has 3 aromatic rings. The van der Waals surface area contributed by atoms with Crippen LogP contribution in [0.3, 0.4) is 0 Å². The van der Waals surface area contributed by atoms with Crippen molar-refractivity contribution < 1.29 is 9.18 Å². The highest BCUT2D eigenvalue weighted by atomic mass is 19.1. The van der Waals surface area contributed by atoms with Crippen LogP contribution in [0.1, 0.15) is 33.0 Å². The van der Waals surface area contributed by atoms with E-state index in [9.17, 15) is 9.18 Å². The molecule has 0 radical (unpaired) electrons. The van der Waals surface area contributed by atoms with Crippen molar-refractivity contribution in [1.82, 2.24) is 15.3 Å². The molecule has 0 aliphatic carbocycles. The molecular weight excluding hydrogens is 355 g/mol. The highest BCUT2D eigenvalue weighted by Gasteiger charge is 2.11. The van der Waals surface area contributed by atoms with Gasteiger partial charge in [0.05, 0.1) is 0 Å². The van der Waals surface area contributed by atoms with Gasteiger partial charge in [-0.15, -0.1) is 0 Å². The lowest BCUT2D eigenvalue weighted by atomic mass is 10.1. The van der Waals surface area contributed by atoms with Gasteiger partial charge >= 0.3 is 0 Å². The molecule has 1 aromatic heterocycles. The predicted molar refractivity (Wildman–Crippen MR) is 108 cm³/mol. The van der Waals surface area contributed by atoms with Gasteiger partial charge in [-0.05, 0) is 56.5 Å². The molecule has 0 saturated carbocycles. The fourth-order valence-corrected chi connectivity index (χ4v) is 2.90. The largest absolute Gasteiger partial charge is 0.350 e. The quantitative estimate of drug-likeness (QED) is 0.673. The maximum atomic E-state index is 12.9. The predicted octanol–water partition coefficient (Wildman–Crippen LogP) is 4.26. The van der Waals surface area contributed by atoms with Crippen LogP contribution in [-0.2, 0) is 6.42 Å². The Labute approximate surface area is 164 Å². The Balaban J connectivity index is 1.66. The number of nitrogens with one attached hydrogen (secondary N) is 2. The Morgan fingerprint density at radius 3 is 2.46 bits per heavy atom. The first-order valence-corrected chi connectivity index (χ1v) is 9.13. The van der Waals surface area contributed by atoms with Crippen molar-refractivity contribution >= 4 is 17.4 Å². The summed E-state index contributed by atoms with van der Waals surface area (Å²) in [5.74, 6) is 0.547. The minimum absolute atomic E-state index is 0.267. The topological polar surface area (TPSA) is 66.9 Å². The van der Waals surface area contributed by atoms with Crippen LogP contribution in [0.4, 0.5) is 15.9 Å². The van der Waals surface area contributed by atoms with Crippen LogP contribution in [0.15, 0.2) is 48.5 Å². The van der Waals surface area contributed by atoms with E-state index < -0.39 is 0 Å². The van der Waals surface area contributed by atoms with Crippen LogP contribution in [-0.4, -0.2) is 22.4 Å². The molecule has 0 unspecified atom stereocenters. The van der Waals surface area contributed by atoms with Gasteiger partial charge in [0.1, 0.15) is 23.2 Å². The molecule has 5 nitrogen and oxygen atoms in total. The lowest BCUT2D eigenvalue weighted by Crippen LogP contribution is -2.27. The van der Waals surface area contributed by atoms with E-state index in [1.807, 2.05) is 26.0 Å². The van der Waals surface area contributed by atoms with E-state index in [1.54, 1.807) is 25.1 Å². The second kappa shape index (κ2) is 8.61. The summed E-state index contributed by atoms with van der Waals surface area (Å²) in [7, 11) is 0. The van der Waals surface area contributed by atoms with Crippen molar-refractivity contribution in [3.63, 3.8) is 0 Å². The van der Waals surface area contributed by atoms with Gasteiger partial charge in [0.2, 0.25) is 0 Å². The van der Waals surface area contributed by atoms with E-state index in [-0.39, 0.29) is 11.7 Å². The number of aryl methyl sites for hydroxylation is 3. The summed E-state index contributed by atoms with van der Waals surface area (Å²) in [5.41, 5.74) is 4.48. The molecule has 28 heavy (non-hydrogen) atoms. The zero-order chi connectivity index (χ0) is 20.1. The van der Waals surface area contributed by atoms with E-state index >= 15 is 0 Å². The number of hydrogen-bond acceptors (Lipinski definition) is 4. The molecule has 3 rings (SSSR count). The van der Waals surface area contributed by atoms with Crippen molar-refractivity contribution in [1.29, 1.82) is 0 Å². The van der Waals surface area contributed by atoms with Gasteiger partial charge in [0, 0.05) is 18.3 Å². The number of amides is 1. The minimum atomic E-state index is -0.270. The number of benzene rings is 2. The van der Waals surface area contributed by atoms with Crippen molar-refractivity contribution in [2.45, 2.75) is 27.2 Å². The standard InChI is InChI=1S/C22H23FN4O/c1-14-4-9-19(15(2)12-14)27-21-13-20(25-16(3)26-21)22(28)24-11-10-17-5-7-18(23)8-6-17/h4-9,12-13H,10-11H2,1-3H3,(H,24,28)(H,25,26,27). The SMILES string of the molecule is Cc1ccc(Nc2cc(C(=O)NCCc3ccc(F)cc3)nc(C)n2)c(C)c1. The van der Waals surface area contributed by atoms with E-state index in [0.717, 1.165) is 16.8 Å². The van der Waals surface area contributed by atoms with Gasteiger partial charge in [-0.1, -0.05) is 29.8 Å². The molecule has 144 valence electrons. The smallest absolute Gasteiger partial charge is 0.270 e. The molecule has 0 saturated heterocycles. The fourth-order valence-electron chi connectivity index (χ4n) is 2.90. The van der Waals surface area contributed by atoms with Crippen molar-refractivity contribution in [2.24, 2.45) is 0 Å². The second-order valence-electron chi connectivity index (χ2n) is 6.76. The number of nitrogens with zero attached hydrogens (tertiary/aromatic N) is 2. The monoisotopic (exact) mass is 378 g/mol. The summed E-state index contributed by atoms with van der Waals surface area (Å²) < 4.78 is 12.9. The fraction of sp³-hybridized carbons (Fsp3) is 0.227. The number of anilines is 2. The van der Waals surface area contributed by atoms with Gasteiger partial charge in [0.15, 0.2) is 0 Å². The zero-order valence-electron chi connectivity index (χ0n) is 16.2. The van der Waals surface area contributed by atoms with Crippen LogP contribution in [0.5, 0.6) is 0 Å². The molecule has 2 aromatic carbocycles. The second-order valence-corrected chi connectivity index (χ2v) is 6.76. The molecule has 2 N–H and O–H groups in total. The third kappa shape index (κ3) is 5.13.